The van der Waals surface area contributed by atoms with Crippen molar-refractivity contribution < 1.29 is 0 Å². The fraction of sp³-hybridized carbons (Fsp3) is 0.765. The van der Waals surface area contributed by atoms with E-state index < -0.39 is 0 Å². The van der Waals surface area contributed by atoms with Crippen LogP contribution in [0.15, 0.2) is 24.3 Å². The molecule has 0 N–H and O–H groups in total. The maximum atomic E-state index is 2.38. The molecule has 1 aliphatic carbocycles. The molecule has 0 heteroatoms. The standard InChI is InChI=1S/C17H30/c1-2-4-6-8-10-12-14-16-17-15-13-11-9-7-5-3-1/h1-2,7,9H,3-6,8,10-17H2/b2-1-,9-7-. The molecule has 0 aromatic rings. The van der Waals surface area contributed by atoms with Gasteiger partial charge in [0.25, 0.3) is 0 Å². The Hall–Kier alpha value is -0.520. The van der Waals surface area contributed by atoms with Crippen molar-refractivity contribution in [3.05, 3.63) is 24.3 Å². The van der Waals surface area contributed by atoms with Gasteiger partial charge in [-0.1, -0.05) is 69.2 Å². The summed E-state index contributed by atoms with van der Waals surface area (Å²) in [6.45, 7) is 0. The monoisotopic (exact) mass is 234 g/mol. The molecular formula is C17H30. The van der Waals surface area contributed by atoms with Gasteiger partial charge in [0.1, 0.15) is 0 Å². The van der Waals surface area contributed by atoms with E-state index in [4.69, 9.17) is 0 Å². The van der Waals surface area contributed by atoms with E-state index in [1.165, 1.54) is 83.5 Å². The van der Waals surface area contributed by atoms with Crippen LogP contribution >= 0.6 is 0 Å². The average Bonchev–Trinajstić information content (AvgIpc) is 2.35. The highest BCUT2D eigenvalue weighted by Gasteiger charge is 1.92. The Balaban J connectivity index is 2.13. The molecule has 0 aromatic carbocycles. The molecule has 0 amide bonds. The Morgan fingerprint density at radius 2 is 0.588 bits per heavy atom. The first kappa shape index (κ1) is 14.5. The van der Waals surface area contributed by atoms with Gasteiger partial charge in [-0.3, -0.25) is 0 Å². The smallest absolute Gasteiger partial charge is 0.0316 e. The highest BCUT2D eigenvalue weighted by atomic mass is 14.0. The molecule has 0 bridgehead atoms. The molecule has 1 rings (SSSR count). The van der Waals surface area contributed by atoms with Crippen molar-refractivity contribution in [2.24, 2.45) is 0 Å². The van der Waals surface area contributed by atoms with Gasteiger partial charge < -0.3 is 0 Å². The zero-order chi connectivity index (χ0) is 12.0. The normalized spacial score (nSPS) is 25.9. The second kappa shape index (κ2) is 12.0. The van der Waals surface area contributed by atoms with E-state index in [2.05, 4.69) is 24.3 Å². The summed E-state index contributed by atoms with van der Waals surface area (Å²) < 4.78 is 0. The lowest BCUT2D eigenvalue weighted by Gasteiger charge is -2.01. The number of hydrogen-bond acceptors (Lipinski definition) is 0. The van der Waals surface area contributed by atoms with Gasteiger partial charge >= 0.3 is 0 Å². The molecule has 1 aliphatic rings. The first-order chi connectivity index (χ1) is 8.50. The lowest BCUT2D eigenvalue weighted by atomic mass is 10.1. The van der Waals surface area contributed by atoms with Crippen molar-refractivity contribution in [2.75, 3.05) is 0 Å². The zero-order valence-electron chi connectivity index (χ0n) is 11.5. The molecule has 0 heterocycles. The number of allylic oxidation sites excluding steroid dienone is 4. The van der Waals surface area contributed by atoms with Gasteiger partial charge in [0.15, 0.2) is 0 Å². The van der Waals surface area contributed by atoms with E-state index in [9.17, 15) is 0 Å². The summed E-state index contributed by atoms with van der Waals surface area (Å²) >= 11 is 0. The largest absolute Gasteiger partial charge is 0.0885 e. The lowest BCUT2D eigenvalue weighted by Crippen LogP contribution is -1.81. The average molecular weight is 234 g/mol. The van der Waals surface area contributed by atoms with E-state index >= 15 is 0 Å². The molecular weight excluding hydrogens is 204 g/mol. The van der Waals surface area contributed by atoms with Crippen LogP contribution < -0.4 is 0 Å². The third-order valence-electron chi connectivity index (χ3n) is 3.57. The van der Waals surface area contributed by atoms with Crippen molar-refractivity contribution in [1.29, 1.82) is 0 Å². The maximum absolute atomic E-state index is 2.38. The van der Waals surface area contributed by atoms with Gasteiger partial charge in [0.05, 0.1) is 0 Å². The van der Waals surface area contributed by atoms with Crippen LogP contribution in [0.2, 0.25) is 0 Å². The molecule has 0 fully saturated rings. The van der Waals surface area contributed by atoms with Crippen LogP contribution in [0.25, 0.3) is 0 Å². The fourth-order valence-corrected chi connectivity index (χ4v) is 2.43. The van der Waals surface area contributed by atoms with Crippen LogP contribution in [0, 0.1) is 0 Å². The molecule has 0 saturated heterocycles. The lowest BCUT2D eigenvalue weighted by molar-refractivity contribution is 0.561. The van der Waals surface area contributed by atoms with Crippen molar-refractivity contribution in [3.8, 4) is 0 Å². The molecule has 0 radical (unpaired) electrons. The van der Waals surface area contributed by atoms with Crippen molar-refractivity contribution in [2.45, 2.75) is 83.5 Å². The summed E-state index contributed by atoms with van der Waals surface area (Å²) in [5.74, 6) is 0. The number of hydrogen-bond donors (Lipinski definition) is 0. The molecule has 0 saturated carbocycles. The third-order valence-corrected chi connectivity index (χ3v) is 3.57. The Morgan fingerprint density at radius 3 is 1.00 bits per heavy atom. The Labute approximate surface area is 108 Å². The third kappa shape index (κ3) is 10.4. The fourth-order valence-electron chi connectivity index (χ4n) is 2.43. The van der Waals surface area contributed by atoms with Gasteiger partial charge in [-0.25, -0.2) is 0 Å². The summed E-state index contributed by atoms with van der Waals surface area (Å²) in [6.07, 6.45) is 27.5. The van der Waals surface area contributed by atoms with E-state index in [0.29, 0.717) is 0 Å². The summed E-state index contributed by atoms with van der Waals surface area (Å²) in [6, 6.07) is 0. The van der Waals surface area contributed by atoms with Gasteiger partial charge in [-0.15, -0.1) is 0 Å². The summed E-state index contributed by atoms with van der Waals surface area (Å²) in [7, 11) is 0. The van der Waals surface area contributed by atoms with Crippen molar-refractivity contribution in [1.82, 2.24) is 0 Å². The molecule has 0 aromatic heterocycles. The SMILES string of the molecule is C1=C\CCCCCCCCCCC/C=C\CC/1. The van der Waals surface area contributed by atoms with E-state index in [-0.39, 0.29) is 0 Å². The molecule has 0 aliphatic heterocycles. The van der Waals surface area contributed by atoms with Crippen molar-refractivity contribution in [3.63, 3.8) is 0 Å². The second-order valence-electron chi connectivity index (χ2n) is 5.28. The van der Waals surface area contributed by atoms with Crippen LogP contribution in [0.3, 0.4) is 0 Å². The van der Waals surface area contributed by atoms with E-state index in [0.717, 1.165) is 0 Å². The zero-order valence-corrected chi connectivity index (χ0v) is 11.5. The van der Waals surface area contributed by atoms with Gasteiger partial charge in [-0.05, 0) is 38.5 Å². The van der Waals surface area contributed by atoms with E-state index in [1.807, 2.05) is 0 Å². The Bertz CT molecular complexity index is 178. The minimum atomic E-state index is 1.23. The topological polar surface area (TPSA) is 0 Å². The van der Waals surface area contributed by atoms with Crippen molar-refractivity contribution >= 4 is 0 Å². The molecule has 0 unspecified atom stereocenters. The minimum absolute atomic E-state index is 1.23. The van der Waals surface area contributed by atoms with Gasteiger partial charge in [0.2, 0.25) is 0 Å². The summed E-state index contributed by atoms with van der Waals surface area (Å²) in [4.78, 5) is 0. The van der Waals surface area contributed by atoms with E-state index in [1.54, 1.807) is 0 Å². The second-order valence-corrected chi connectivity index (χ2v) is 5.28. The number of rotatable bonds is 0. The molecule has 0 spiro atoms. The summed E-state index contributed by atoms with van der Waals surface area (Å²) in [5.41, 5.74) is 0. The van der Waals surface area contributed by atoms with Crippen LogP contribution in [0.1, 0.15) is 83.5 Å². The summed E-state index contributed by atoms with van der Waals surface area (Å²) in [5, 5.41) is 0. The Morgan fingerprint density at radius 1 is 0.294 bits per heavy atom. The maximum Gasteiger partial charge on any atom is -0.0316 e. The van der Waals surface area contributed by atoms with Crippen LogP contribution in [-0.4, -0.2) is 0 Å². The van der Waals surface area contributed by atoms with Crippen LogP contribution in [-0.2, 0) is 0 Å². The highest BCUT2D eigenvalue weighted by Crippen LogP contribution is 2.12. The minimum Gasteiger partial charge on any atom is -0.0885 e. The molecule has 0 nitrogen and oxygen atoms in total. The first-order valence-electron chi connectivity index (χ1n) is 7.80. The quantitative estimate of drug-likeness (QED) is 0.439. The van der Waals surface area contributed by atoms with Gasteiger partial charge in [-0.2, -0.15) is 0 Å². The molecule has 0 atom stereocenters. The molecule has 98 valence electrons. The Kier molecular flexibility index (Phi) is 10.2. The predicted molar refractivity (Wildman–Crippen MR) is 78.3 cm³/mol. The predicted octanol–water partition coefficient (Wildman–Crippen LogP) is 6.18. The highest BCUT2D eigenvalue weighted by molar-refractivity contribution is 4.88. The van der Waals surface area contributed by atoms with Gasteiger partial charge in [0, 0.05) is 0 Å². The molecule has 17 heavy (non-hydrogen) atoms. The first-order valence-corrected chi connectivity index (χ1v) is 7.80. The van der Waals surface area contributed by atoms with Crippen LogP contribution in [0.5, 0.6) is 0 Å². The van der Waals surface area contributed by atoms with Crippen LogP contribution in [0.4, 0.5) is 0 Å².